The maximum absolute atomic E-state index is 5.75. The van der Waals surface area contributed by atoms with Crippen molar-refractivity contribution in [3.63, 3.8) is 0 Å². The summed E-state index contributed by atoms with van der Waals surface area (Å²) in [5.74, 6) is 0.949. The maximum atomic E-state index is 5.75. The Morgan fingerprint density at radius 1 is 1.00 bits per heavy atom. The lowest BCUT2D eigenvalue weighted by molar-refractivity contribution is 0.304. The van der Waals surface area contributed by atoms with Gasteiger partial charge in [-0.1, -0.05) is 46.3 Å². The molecule has 0 amide bonds. The van der Waals surface area contributed by atoms with Gasteiger partial charge in [-0.3, -0.25) is 0 Å². The van der Waals surface area contributed by atoms with Crippen molar-refractivity contribution in [1.82, 2.24) is 0 Å². The zero-order valence-corrected chi connectivity index (χ0v) is 10.7. The molecule has 0 heterocycles. The highest BCUT2D eigenvalue weighted by atomic mass is 79.9. The SMILES string of the molecule is Cc1ccccc1OCc1ccc(Br)cc1. The molecule has 0 aliphatic heterocycles. The maximum Gasteiger partial charge on any atom is 0.122 e. The van der Waals surface area contributed by atoms with Crippen LogP contribution in [-0.2, 0) is 6.61 Å². The summed E-state index contributed by atoms with van der Waals surface area (Å²) in [4.78, 5) is 0. The molecule has 0 aliphatic rings. The summed E-state index contributed by atoms with van der Waals surface area (Å²) in [6.07, 6.45) is 0. The number of ether oxygens (including phenoxy) is 1. The third kappa shape index (κ3) is 2.86. The van der Waals surface area contributed by atoms with E-state index >= 15 is 0 Å². The van der Waals surface area contributed by atoms with Gasteiger partial charge in [-0.05, 0) is 36.2 Å². The highest BCUT2D eigenvalue weighted by molar-refractivity contribution is 9.10. The summed E-state index contributed by atoms with van der Waals surface area (Å²) in [7, 11) is 0. The van der Waals surface area contributed by atoms with E-state index in [0.717, 1.165) is 10.2 Å². The van der Waals surface area contributed by atoms with Crippen molar-refractivity contribution in [3.05, 3.63) is 64.1 Å². The fraction of sp³-hybridized carbons (Fsp3) is 0.143. The average Bonchev–Trinajstić information content (AvgIpc) is 2.30. The number of aryl methyl sites for hydroxylation is 1. The molecule has 0 atom stereocenters. The molecule has 2 heteroatoms. The van der Waals surface area contributed by atoms with Crippen molar-refractivity contribution < 1.29 is 4.74 Å². The number of halogens is 1. The quantitative estimate of drug-likeness (QED) is 0.811. The second-order valence-electron chi connectivity index (χ2n) is 3.68. The highest BCUT2D eigenvalue weighted by Gasteiger charge is 1.98. The molecule has 0 radical (unpaired) electrons. The Balaban J connectivity index is 2.02. The molecular weight excluding hydrogens is 264 g/mol. The molecule has 0 saturated carbocycles. The molecule has 1 nitrogen and oxygen atoms in total. The number of hydrogen-bond donors (Lipinski definition) is 0. The lowest BCUT2D eigenvalue weighted by atomic mass is 10.2. The topological polar surface area (TPSA) is 9.23 Å². The first kappa shape index (κ1) is 11.2. The van der Waals surface area contributed by atoms with E-state index in [4.69, 9.17) is 4.74 Å². The molecule has 2 rings (SSSR count). The van der Waals surface area contributed by atoms with Crippen LogP contribution in [0.2, 0.25) is 0 Å². The van der Waals surface area contributed by atoms with Gasteiger partial charge in [-0.25, -0.2) is 0 Å². The van der Waals surface area contributed by atoms with Gasteiger partial charge >= 0.3 is 0 Å². The van der Waals surface area contributed by atoms with Gasteiger partial charge < -0.3 is 4.74 Å². The molecule has 0 bridgehead atoms. The second kappa shape index (κ2) is 5.17. The van der Waals surface area contributed by atoms with Crippen LogP contribution >= 0.6 is 15.9 Å². The Hall–Kier alpha value is -1.28. The molecule has 0 saturated heterocycles. The van der Waals surface area contributed by atoms with Gasteiger partial charge in [0.05, 0.1) is 0 Å². The number of hydrogen-bond acceptors (Lipinski definition) is 1. The molecule has 0 fully saturated rings. The van der Waals surface area contributed by atoms with Crippen LogP contribution in [0.25, 0.3) is 0 Å². The summed E-state index contributed by atoms with van der Waals surface area (Å²) in [6.45, 7) is 2.66. The molecular formula is C14H13BrO. The third-order valence-corrected chi connectivity index (χ3v) is 2.93. The van der Waals surface area contributed by atoms with Gasteiger partial charge in [0.15, 0.2) is 0 Å². The van der Waals surface area contributed by atoms with Crippen molar-refractivity contribution in [2.24, 2.45) is 0 Å². The molecule has 2 aromatic carbocycles. The molecule has 0 aliphatic carbocycles. The Morgan fingerprint density at radius 2 is 1.69 bits per heavy atom. The van der Waals surface area contributed by atoms with Crippen LogP contribution in [0.5, 0.6) is 5.75 Å². The van der Waals surface area contributed by atoms with Crippen LogP contribution in [0.1, 0.15) is 11.1 Å². The van der Waals surface area contributed by atoms with Gasteiger partial charge in [0.2, 0.25) is 0 Å². The molecule has 0 aromatic heterocycles. The van der Waals surface area contributed by atoms with E-state index in [2.05, 4.69) is 41.1 Å². The summed E-state index contributed by atoms with van der Waals surface area (Å²) in [5.41, 5.74) is 2.34. The van der Waals surface area contributed by atoms with Crippen LogP contribution in [0, 0.1) is 6.92 Å². The minimum Gasteiger partial charge on any atom is -0.489 e. The van der Waals surface area contributed by atoms with Gasteiger partial charge in [0, 0.05) is 4.47 Å². The van der Waals surface area contributed by atoms with Crippen LogP contribution in [0.3, 0.4) is 0 Å². The number of para-hydroxylation sites is 1. The Labute approximate surface area is 104 Å². The number of benzene rings is 2. The zero-order chi connectivity index (χ0) is 11.4. The van der Waals surface area contributed by atoms with E-state index < -0.39 is 0 Å². The van der Waals surface area contributed by atoms with E-state index in [-0.39, 0.29) is 0 Å². The van der Waals surface area contributed by atoms with Crippen molar-refractivity contribution in [2.75, 3.05) is 0 Å². The first-order valence-corrected chi connectivity index (χ1v) is 5.98. The minimum absolute atomic E-state index is 0.609. The van der Waals surface area contributed by atoms with Crippen LogP contribution < -0.4 is 4.74 Å². The lowest BCUT2D eigenvalue weighted by Gasteiger charge is -2.08. The van der Waals surface area contributed by atoms with E-state index in [9.17, 15) is 0 Å². The highest BCUT2D eigenvalue weighted by Crippen LogP contribution is 2.18. The Bertz CT molecular complexity index is 462. The van der Waals surface area contributed by atoms with Crippen molar-refractivity contribution in [2.45, 2.75) is 13.5 Å². The predicted octanol–water partition coefficient (Wildman–Crippen LogP) is 4.34. The van der Waals surface area contributed by atoms with Gasteiger partial charge in [0.25, 0.3) is 0 Å². The Kier molecular flexibility index (Phi) is 3.62. The molecule has 0 spiro atoms. The van der Waals surface area contributed by atoms with E-state index in [1.807, 2.05) is 30.3 Å². The van der Waals surface area contributed by atoms with E-state index in [1.165, 1.54) is 11.1 Å². The monoisotopic (exact) mass is 276 g/mol. The summed E-state index contributed by atoms with van der Waals surface area (Å²) >= 11 is 3.41. The molecule has 2 aromatic rings. The van der Waals surface area contributed by atoms with Gasteiger partial charge in [0.1, 0.15) is 12.4 Å². The molecule has 82 valence electrons. The largest absolute Gasteiger partial charge is 0.489 e. The first-order chi connectivity index (χ1) is 7.75. The standard InChI is InChI=1S/C14H13BrO/c1-11-4-2-3-5-14(11)16-10-12-6-8-13(15)9-7-12/h2-9H,10H2,1H3. The fourth-order valence-electron chi connectivity index (χ4n) is 1.46. The third-order valence-electron chi connectivity index (χ3n) is 2.40. The smallest absolute Gasteiger partial charge is 0.122 e. The number of rotatable bonds is 3. The van der Waals surface area contributed by atoms with Crippen molar-refractivity contribution in [1.29, 1.82) is 0 Å². The minimum atomic E-state index is 0.609. The van der Waals surface area contributed by atoms with Gasteiger partial charge in [-0.15, -0.1) is 0 Å². The lowest BCUT2D eigenvalue weighted by Crippen LogP contribution is -1.96. The summed E-state index contributed by atoms with van der Waals surface area (Å²) in [6, 6.07) is 16.2. The normalized spacial score (nSPS) is 10.1. The van der Waals surface area contributed by atoms with Crippen LogP contribution in [-0.4, -0.2) is 0 Å². The van der Waals surface area contributed by atoms with Crippen LogP contribution in [0.15, 0.2) is 53.0 Å². The summed E-state index contributed by atoms with van der Waals surface area (Å²) < 4.78 is 6.84. The molecule has 0 N–H and O–H groups in total. The molecule has 0 unspecified atom stereocenters. The van der Waals surface area contributed by atoms with E-state index in [1.54, 1.807) is 0 Å². The molecule has 16 heavy (non-hydrogen) atoms. The second-order valence-corrected chi connectivity index (χ2v) is 4.60. The summed E-state index contributed by atoms with van der Waals surface area (Å²) in [5, 5.41) is 0. The Morgan fingerprint density at radius 3 is 2.38 bits per heavy atom. The fourth-order valence-corrected chi connectivity index (χ4v) is 1.72. The zero-order valence-electron chi connectivity index (χ0n) is 9.11. The van der Waals surface area contributed by atoms with Crippen LogP contribution in [0.4, 0.5) is 0 Å². The van der Waals surface area contributed by atoms with E-state index in [0.29, 0.717) is 6.61 Å². The van der Waals surface area contributed by atoms with Crippen molar-refractivity contribution in [3.8, 4) is 5.75 Å². The average molecular weight is 277 g/mol. The van der Waals surface area contributed by atoms with Crippen molar-refractivity contribution >= 4 is 15.9 Å². The predicted molar refractivity (Wildman–Crippen MR) is 69.7 cm³/mol. The first-order valence-electron chi connectivity index (χ1n) is 5.18. The van der Waals surface area contributed by atoms with Gasteiger partial charge in [-0.2, -0.15) is 0 Å².